The van der Waals surface area contributed by atoms with Gasteiger partial charge in [-0.1, -0.05) is 0 Å². The zero-order chi connectivity index (χ0) is 16.8. The van der Waals surface area contributed by atoms with Crippen molar-refractivity contribution in [3.05, 3.63) is 38.2 Å². The molecule has 0 radical (unpaired) electrons. The van der Waals surface area contributed by atoms with Crippen LogP contribution in [0.3, 0.4) is 0 Å². The molecule has 1 aliphatic heterocycles. The molecule has 0 amide bonds. The van der Waals surface area contributed by atoms with Gasteiger partial charge in [-0.2, -0.15) is 5.10 Å². The lowest BCUT2D eigenvalue weighted by molar-refractivity contribution is 0.482. The fourth-order valence-corrected chi connectivity index (χ4v) is 5.75. The molecular formula is C19H24N4OS. The van der Waals surface area contributed by atoms with Gasteiger partial charge >= 0.3 is 0 Å². The minimum Gasteiger partial charge on any atom is -0.343 e. The van der Waals surface area contributed by atoms with Crippen molar-refractivity contribution in [1.29, 1.82) is 0 Å². The van der Waals surface area contributed by atoms with E-state index in [4.69, 9.17) is 4.98 Å². The van der Waals surface area contributed by atoms with Crippen LogP contribution in [0.15, 0.2) is 10.9 Å². The number of rotatable bonds is 3. The van der Waals surface area contributed by atoms with E-state index in [1.807, 2.05) is 17.4 Å². The van der Waals surface area contributed by atoms with E-state index >= 15 is 0 Å². The molecule has 0 saturated carbocycles. The molecule has 6 heteroatoms. The quantitative estimate of drug-likeness (QED) is 0.848. The Morgan fingerprint density at radius 1 is 1.08 bits per heavy atom. The molecule has 2 aromatic rings. The van der Waals surface area contributed by atoms with Crippen LogP contribution >= 0.6 is 11.3 Å². The monoisotopic (exact) mass is 356 g/mol. The van der Waals surface area contributed by atoms with Gasteiger partial charge in [0.05, 0.1) is 24.0 Å². The van der Waals surface area contributed by atoms with Gasteiger partial charge in [0.25, 0.3) is 5.56 Å². The van der Waals surface area contributed by atoms with E-state index in [2.05, 4.69) is 10.00 Å². The molecule has 132 valence electrons. The van der Waals surface area contributed by atoms with E-state index in [9.17, 15) is 4.79 Å². The molecule has 3 aliphatic rings. The Kier molecular flexibility index (Phi) is 3.88. The van der Waals surface area contributed by atoms with Crippen LogP contribution in [0.4, 0.5) is 5.13 Å². The topological polar surface area (TPSA) is 51.0 Å². The molecular weight excluding hydrogens is 332 g/mol. The average molecular weight is 356 g/mol. The summed E-state index contributed by atoms with van der Waals surface area (Å²) in [5.41, 5.74) is 3.68. The molecule has 0 bridgehead atoms. The second-order valence-corrected chi connectivity index (χ2v) is 8.62. The van der Waals surface area contributed by atoms with Gasteiger partial charge in [0, 0.05) is 17.5 Å². The van der Waals surface area contributed by atoms with Crippen molar-refractivity contribution in [2.75, 3.05) is 11.4 Å². The number of hydrogen-bond donors (Lipinski definition) is 0. The normalized spacial score (nSPS) is 22.2. The van der Waals surface area contributed by atoms with E-state index in [0.717, 1.165) is 49.9 Å². The van der Waals surface area contributed by atoms with Gasteiger partial charge in [-0.15, -0.1) is 11.3 Å². The highest BCUT2D eigenvalue weighted by molar-refractivity contribution is 7.15. The van der Waals surface area contributed by atoms with Gasteiger partial charge in [0.1, 0.15) is 0 Å². The fourth-order valence-electron chi connectivity index (χ4n) is 4.51. The molecule has 1 atom stereocenters. The Hall–Kier alpha value is -1.69. The Morgan fingerprint density at radius 3 is 2.88 bits per heavy atom. The van der Waals surface area contributed by atoms with Gasteiger partial charge in [-0.25, -0.2) is 9.67 Å². The molecule has 1 unspecified atom stereocenters. The highest BCUT2D eigenvalue weighted by Gasteiger charge is 2.29. The van der Waals surface area contributed by atoms with Gasteiger partial charge in [-0.3, -0.25) is 4.79 Å². The Labute approximate surface area is 151 Å². The molecule has 0 N–H and O–H groups in total. The highest BCUT2D eigenvalue weighted by atomic mass is 32.1. The summed E-state index contributed by atoms with van der Waals surface area (Å²) < 4.78 is 1.71. The number of aromatic nitrogens is 3. The Morgan fingerprint density at radius 2 is 1.96 bits per heavy atom. The molecule has 1 saturated heterocycles. The first kappa shape index (κ1) is 15.6. The van der Waals surface area contributed by atoms with Crippen LogP contribution in [0.2, 0.25) is 0 Å². The largest absolute Gasteiger partial charge is 0.343 e. The molecule has 5 nitrogen and oxygen atoms in total. The molecule has 0 spiro atoms. The molecule has 0 aromatic carbocycles. The molecule has 25 heavy (non-hydrogen) atoms. The lowest BCUT2D eigenvalue weighted by atomic mass is 10.0. The maximum atomic E-state index is 12.4. The van der Waals surface area contributed by atoms with Crippen molar-refractivity contribution < 1.29 is 0 Å². The third-order valence-corrected chi connectivity index (χ3v) is 7.06. The van der Waals surface area contributed by atoms with Crippen LogP contribution in [0.1, 0.15) is 53.9 Å². The van der Waals surface area contributed by atoms with Crippen LogP contribution in [0.5, 0.6) is 0 Å². The van der Waals surface area contributed by atoms with Crippen molar-refractivity contribution >= 4 is 16.5 Å². The summed E-state index contributed by atoms with van der Waals surface area (Å²) >= 11 is 1.88. The number of aryl methyl sites for hydroxylation is 4. The number of anilines is 1. The zero-order valence-corrected chi connectivity index (χ0v) is 15.4. The average Bonchev–Trinajstić information content (AvgIpc) is 3.33. The van der Waals surface area contributed by atoms with Crippen molar-refractivity contribution in [3.63, 3.8) is 0 Å². The van der Waals surface area contributed by atoms with Gasteiger partial charge in [0.15, 0.2) is 5.13 Å². The SMILES string of the molecule is O=c1cc2c(nn1CC1CCCN1c1nc3c(s1)CCCC3)CCC2. The predicted molar refractivity (Wildman–Crippen MR) is 99.6 cm³/mol. The van der Waals surface area contributed by atoms with Crippen molar-refractivity contribution in [1.82, 2.24) is 14.8 Å². The minimum absolute atomic E-state index is 0.0610. The fraction of sp³-hybridized carbons (Fsp3) is 0.632. The molecule has 5 rings (SSSR count). The molecule has 3 heterocycles. The third-order valence-electron chi connectivity index (χ3n) is 5.86. The van der Waals surface area contributed by atoms with Crippen LogP contribution in [0, 0.1) is 0 Å². The number of fused-ring (bicyclic) bond motifs is 2. The number of nitrogens with zero attached hydrogens (tertiary/aromatic N) is 4. The molecule has 1 fully saturated rings. The lowest BCUT2D eigenvalue weighted by Crippen LogP contribution is -2.37. The van der Waals surface area contributed by atoms with Crippen LogP contribution in [0.25, 0.3) is 0 Å². The van der Waals surface area contributed by atoms with Crippen LogP contribution < -0.4 is 10.5 Å². The maximum Gasteiger partial charge on any atom is 0.267 e. The Bertz CT molecular complexity index is 832. The second kappa shape index (κ2) is 6.24. The highest BCUT2D eigenvalue weighted by Crippen LogP contribution is 2.35. The summed E-state index contributed by atoms with van der Waals surface area (Å²) in [5.74, 6) is 0. The van der Waals surface area contributed by atoms with E-state index in [1.165, 1.54) is 41.4 Å². The summed E-state index contributed by atoms with van der Waals surface area (Å²) in [6.07, 6.45) is 10.4. The van der Waals surface area contributed by atoms with Crippen LogP contribution in [-0.2, 0) is 32.2 Å². The Balaban J connectivity index is 1.40. The van der Waals surface area contributed by atoms with E-state index in [1.54, 1.807) is 4.68 Å². The van der Waals surface area contributed by atoms with E-state index in [0.29, 0.717) is 12.6 Å². The van der Waals surface area contributed by atoms with Gasteiger partial charge < -0.3 is 4.90 Å². The predicted octanol–water partition coefficient (Wildman–Crippen LogP) is 2.74. The minimum atomic E-state index is 0.0610. The van der Waals surface area contributed by atoms with Crippen molar-refractivity contribution in [2.45, 2.75) is 70.4 Å². The number of thiazole rings is 1. The first-order valence-corrected chi connectivity index (χ1v) is 10.4. The lowest BCUT2D eigenvalue weighted by Gasteiger charge is -2.24. The van der Waals surface area contributed by atoms with Gasteiger partial charge in [0.2, 0.25) is 0 Å². The number of hydrogen-bond acceptors (Lipinski definition) is 5. The van der Waals surface area contributed by atoms with Crippen molar-refractivity contribution in [3.8, 4) is 0 Å². The summed E-state index contributed by atoms with van der Waals surface area (Å²) in [6, 6.07) is 2.16. The van der Waals surface area contributed by atoms with E-state index < -0.39 is 0 Å². The summed E-state index contributed by atoms with van der Waals surface area (Å²) in [6.45, 7) is 1.74. The maximum absolute atomic E-state index is 12.4. The molecule has 2 aromatic heterocycles. The molecule has 2 aliphatic carbocycles. The summed E-state index contributed by atoms with van der Waals surface area (Å²) in [7, 11) is 0. The second-order valence-electron chi connectivity index (χ2n) is 7.55. The standard InChI is InChI=1S/C19H24N4OS/c24-18-11-13-5-3-8-15(13)21-23(18)12-14-6-4-10-22(14)19-20-16-7-1-2-9-17(16)25-19/h11,14H,1-10,12H2. The first-order chi connectivity index (χ1) is 12.3. The third kappa shape index (κ3) is 2.80. The van der Waals surface area contributed by atoms with Crippen LogP contribution in [-0.4, -0.2) is 27.4 Å². The summed E-state index contributed by atoms with van der Waals surface area (Å²) in [5, 5.41) is 5.84. The smallest absolute Gasteiger partial charge is 0.267 e. The van der Waals surface area contributed by atoms with Crippen molar-refractivity contribution in [2.24, 2.45) is 0 Å². The zero-order valence-electron chi connectivity index (χ0n) is 14.5. The van der Waals surface area contributed by atoms with E-state index in [-0.39, 0.29) is 5.56 Å². The summed E-state index contributed by atoms with van der Waals surface area (Å²) in [4.78, 5) is 21.3. The van der Waals surface area contributed by atoms with Gasteiger partial charge in [-0.05, 0) is 63.4 Å². The first-order valence-electron chi connectivity index (χ1n) is 9.63.